The number of ether oxygens (including phenoxy) is 1. The second-order valence-electron chi connectivity index (χ2n) is 4.90. The third kappa shape index (κ3) is 5.52. The largest absolute Gasteiger partial charge is 0.383 e. The van der Waals surface area contributed by atoms with E-state index in [1.54, 1.807) is 19.3 Å². The van der Waals surface area contributed by atoms with E-state index in [1.807, 2.05) is 6.07 Å². The molecular weight excluding hydrogens is 308 g/mol. The highest BCUT2D eigenvalue weighted by Gasteiger charge is 2.24. The molecule has 1 rings (SSSR count). The fourth-order valence-electron chi connectivity index (χ4n) is 1.67. The number of hydrogen-bond acceptors (Lipinski definition) is 5. The van der Waals surface area contributed by atoms with Crippen LogP contribution in [-0.2, 0) is 21.3 Å². The zero-order chi connectivity index (χ0) is 15.9. The van der Waals surface area contributed by atoms with Gasteiger partial charge in [-0.2, -0.15) is 4.31 Å². The molecule has 1 aromatic heterocycles. The Kier molecular flexibility index (Phi) is 7.55. The molecule has 0 aliphatic rings. The summed E-state index contributed by atoms with van der Waals surface area (Å²) in [7, 11) is -1.93. The molecule has 7 heteroatoms. The van der Waals surface area contributed by atoms with Gasteiger partial charge in [0.05, 0.1) is 6.61 Å². The van der Waals surface area contributed by atoms with Crippen LogP contribution in [0.4, 0.5) is 0 Å². The lowest BCUT2D eigenvalue weighted by molar-refractivity contribution is 0.182. The van der Waals surface area contributed by atoms with Gasteiger partial charge in [-0.1, -0.05) is 19.9 Å². The zero-order valence-electron chi connectivity index (χ0n) is 12.8. The van der Waals surface area contributed by atoms with Crippen LogP contribution >= 0.6 is 11.3 Å². The van der Waals surface area contributed by atoms with Gasteiger partial charge in [-0.15, -0.1) is 17.9 Å². The van der Waals surface area contributed by atoms with E-state index in [-0.39, 0.29) is 6.54 Å². The molecule has 0 atom stereocenters. The highest BCUT2D eigenvalue weighted by atomic mass is 32.2. The third-order valence-corrected chi connectivity index (χ3v) is 6.21. The minimum atomic E-state index is -3.48. The van der Waals surface area contributed by atoms with Crippen molar-refractivity contribution in [2.24, 2.45) is 0 Å². The van der Waals surface area contributed by atoms with Gasteiger partial charge < -0.3 is 10.1 Å². The highest BCUT2D eigenvalue weighted by Crippen LogP contribution is 2.25. The Balaban J connectivity index is 2.86. The summed E-state index contributed by atoms with van der Waals surface area (Å²) in [4.78, 5) is 1.01. The van der Waals surface area contributed by atoms with Crippen LogP contribution in [-0.4, -0.2) is 45.6 Å². The van der Waals surface area contributed by atoms with E-state index >= 15 is 0 Å². The summed E-state index contributed by atoms with van der Waals surface area (Å²) >= 11 is 1.30. The lowest BCUT2D eigenvalue weighted by atomic mass is 10.4. The fraction of sp³-hybridized carbons (Fsp3) is 0.571. The molecule has 0 saturated carbocycles. The van der Waals surface area contributed by atoms with Crippen LogP contribution in [0.5, 0.6) is 0 Å². The van der Waals surface area contributed by atoms with Crippen LogP contribution in [0.15, 0.2) is 29.0 Å². The first-order valence-corrected chi connectivity index (χ1v) is 9.09. The van der Waals surface area contributed by atoms with Gasteiger partial charge in [0.2, 0.25) is 0 Å². The average molecular weight is 332 g/mol. The van der Waals surface area contributed by atoms with Gasteiger partial charge >= 0.3 is 0 Å². The van der Waals surface area contributed by atoms with E-state index in [0.29, 0.717) is 29.9 Å². The van der Waals surface area contributed by atoms with Gasteiger partial charge in [-0.25, -0.2) is 8.42 Å². The number of hydrogen-bond donors (Lipinski definition) is 1. The summed E-state index contributed by atoms with van der Waals surface area (Å²) in [6, 6.07) is 3.89. The molecule has 5 nitrogen and oxygen atoms in total. The molecule has 0 saturated heterocycles. The second kappa shape index (κ2) is 8.65. The summed E-state index contributed by atoms with van der Waals surface area (Å²) in [6.45, 7) is 9.37. The Morgan fingerprint density at radius 1 is 1.48 bits per heavy atom. The van der Waals surface area contributed by atoms with Crippen molar-refractivity contribution in [3.8, 4) is 0 Å². The van der Waals surface area contributed by atoms with Gasteiger partial charge in [0, 0.05) is 37.7 Å². The van der Waals surface area contributed by atoms with Gasteiger partial charge in [0.15, 0.2) is 0 Å². The van der Waals surface area contributed by atoms with Crippen LogP contribution in [0.2, 0.25) is 0 Å². The number of rotatable bonds is 10. The molecule has 1 heterocycles. The van der Waals surface area contributed by atoms with Crippen LogP contribution in [0.25, 0.3) is 0 Å². The zero-order valence-corrected chi connectivity index (χ0v) is 14.5. The smallest absolute Gasteiger partial charge is 0.252 e. The number of nitrogens with zero attached hydrogens (tertiary/aromatic N) is 1. The summed E-state index contributed by atoms with van der Waals surface area (Å²) in [5, 5.41) is 3.28. The summed E-state index contributed by atoms with van der Waals surface area (Å²) in [5.74, 6) is 0. The normalized spacial score (nSPS) is 12.2. The molecule has 0 radical (unpaired) electrons. The molecule has 1 N–H and O–H groups in total. The van der Waals surface area contributed by atoms with Gasteiger partial charge in [0.1, 0.15) is 4.21 Å². The van der Waals surface area contributed by atoms with Crippen molar-refractivity contribution in [2.45, 2.75) is 30.6 Å². The summed E-state index contributed by atoms with van der Waals surface area (Å²) in [6.07, 6.45) is 1.59. The maximum absolute atomic E-state index is 12.6. The van der Waals surface area contributed by atoms with Crippen molar-refractivity contribution in [1.29, 1.82) is 0 Å². The first-order valence-electron chi connectivity index (χ1n) is 6.84. The second-order valence-corrected chi connectivity index (χ2v) is 8.23. The van der Waals surface area contributed by atoms with Gasteiger partial charge in [-0.05, 0) is 12.1 Å². The van der Waals surface area contributed by atoms with E-state index in [1.165, 1.54) is 15.6 Å². The number of nitrogens with one attached hydrogen (secondary N) is 1. The third-order valence-electron chi connectivity index (χ3n) is 2.79. The molecule has 0 spiro atoms. The van der Waals surface area contributed by atoms with Crippen molar-refractivity contribution >= 4 is 21.4 Å². The van der Waals surface area contributed by atoms with Crippen molar-refractivity contribution < 1.29 is 13.2 Å². The molecular formula is C14H24N2O3S2. The molecule has 1 aromatic rings. The monoisotopic (exact) mass is 332 g/mol. The van der Waals surface area contributed by atoms with E-state index in [2.05, 4.69) is 25.7 Å². The lowest BCUT2D eigenvalue weighted by Gasteiger charge is -2.19. The van der Waals surface area contributed by atoms with E-state index in [4.69, 9.17) is 4.74 Å². The molecule has 21 heavy (non-hydrogen) atoms. The SMILES string of the molecule is C=CCN(CCOC)S(=O)(=O)c1ccc(CNC(C)C)s1. The minimum absolute atomic E-state index is 0.281. The van der Waals surface area contributed by atoms with E-state index in [0.717, 1.165) is 4.88 Å². The first-order chi connectivity index (χ1) is 9.91. The lowest BCUT2D eigenvalue weighted by Crippen LogP contribution is -2.33. The van der Waals surface area contributed by atoms with Crippen molar-refractivity contribution in [1.82, 2.24) is 9.62 Å². The standard InChI is InChI=1S/C14H24N2O3S2/c1-5-8-16(9-10-19-4)21(17,18)14-7-6-13(20-14)11-15-12(2)3/h5-7,12,15H,1,8-11H2,2-4H3. The Morgan fingerprint density at radius 3 is 2.76 bits per heavy atom. The van der Waals surface area contributed by atoms with Crippen molar-refractivity contribution in [3.63, 3.8) is 0 Å². The van der Waals surface area contributed by atoms with Crippen LogP contribution in [0.1, 0.15) is 18.7 Å². The fourth-order valence-corrected chi connectivity index (χ4v) is 4.53. The highest BCUT2D eigenvalue weighted by molar-refractivity contribution is 7.91. The summed E-state index contributed by atoms with van der Waals surface area (Å²) in [5.41, 5.74) is 0. The Bertz CT molecular complexity index is 538. The number of thiophene rings is 1. The first kappa shape index (κ1) is 18.3. The molecule has 120 valence electrons. The van der Waals surface area contributed by atoms with Crippen molar-refractivity contribution in [3.05, 3.63) is 29.7 Å². The Morgan fingerprint density at radius 2 is 2.19 bits per heavy atom. The Labute approximate surface area is 131 Å². The average Bonchev–Trinajstić information content (AvgIpc) is 2.90. The Hall–Kier alpha value is -0.730. The van der Waals surface area contributed by atoms with Gasteiger partial charge in [-0.3, -0.25) is 0 Å². The van der Waals surface area contributed by atoms with Gasteiger partial charge in [0.25, 0.3) is 10.0 Å². The molecule has 0 fully saturated rings. The predicted molar refractivity (Wildman–Crippen MR) is 87.1 cm³/mol. The van der Waals surface area contributed by atoms with Crippen LogP contribution in [0, 0.1) is 0 Å². The molecule has 0 amide bonds. The molecule has 0 bridgehead atoms. The summed E-state index contributed by atoms with van der Waals surface area (Å²) < 4.78 is 31.9. The van der Waals surface area contributed by atoms with Crippen LogP contribution < -0.4 is 5.32 Å². The number of methoxy groups -OCH3 is 1. The molecule has 0 aliphatic heterocycles. The van der Waals surface area contributed by atoms with Crippen LogP contribution in [0.3, 0.4) is 0 Å². The van der Waals surface area contributed by atoms with Crippen molar-refractivity contribution in [2.75, 3.05) is 26.8 Å². The molecule has 0 aliphatic carbocycles. The van der Waals surface area contributed by atoms with E-state index < -0.39 is 10.0 Å². The maximum atomic E-state index is 12.6. The minimum Gasteiger partial charge on any atom is -0.383 e. The number of sulfonamides is 1. The molecule has 0 aromatic carbocycles. The predicted octanol–water partition coefficient (Wildman–Crippen LogP) is 2.07. The van der Waals surface area contributed by atoms with E-state index in [9.17, 15) is 8.42 Å². The maximum Gasteiger partial charge on any atom is 0.252 e. The topological polar surface area (TPSA) is 58.6 Å². The molecule has 0 unspecified atom stereocenters. The quantitative estimate of drug-likeness (QED) is 0.667.